The van der Waals surface area contributed by atoms with Gasteiger partial charge in [0, 0.05) is 26.2 Å². The molecule has 0 radical (unpaired) electrons. The maximum atomic E-state index is 5.63. The maximum Gasteiger partial charge on any atom is 0.0824 e. The number of hydrogen-bond acceptors (Lipinski definition) is 4. The highest BCUT2D eigenvalue weighted by Crippen LogP contribution is 2.12. The Bertz CT molecular complexity index is 178. The van der Waals surface area contributed by atoms with Crippen molar-refractivity contribution in [2.75, 3.05) is 52.9 Å². The Morgan fingerprint density at radius 1 is 1.47 bits per heavy atom. The van der Waals surface area contributed by atoms with E-state index in [0.717, 1.165) is 38.7 Å². The summed E-state index contributed by atoms with van der Waals surface area (Å²) in [7, 11) is 2.20. The van der Waals surface area contributed by atoms with E-state index in [2.05, 4.69) is 22.6 Å². The van der Waals surface area contributed by atoms with Crippen LogP contribution in [0.4, 0.5) is 0 Å². The molecule has 0 spiro atoms. The van der Waals surface area contributed by atoms with Crippen molar-refractivity contribution in [3.8, 4) is 0 Å². The summed E-state index contributed by atoms with van der Waals surface area (Å²) >= 11 is 0. The second-order valence-electron chi connectivity index (χ2n) is 4.77. The maximum absolute atomic E-state index is 5.63. The molecule has 2 N–H and O–H groups in total. The van der Waals surface area contributed by atoms with Crippen molar-refractivity contribution in [2.45, 2.75) is 12.5 Å². The number of hydrogen-bond donors (Lipinski definition) is 2. The van der Waals surface area contributed by atoms with Crippen LogP contribution in [0.15, 0.2) is 0 Å². The van der Waals surface area contributed by atoms with Crippen LogP contribution >= 0.6 is 0 Å². The topological polar surface area (TPSA) is 36.5 Å². The van der Waals surface area contributed by atoms with Gasteiger partial charge in [-0.25, -0.2) is 0 Å². The molecule has 88 valence electrons. The Morgan fingerprint density at radius 3 is 3.07 bits per heavy atom. The zero-order valence-corrected chi connectivity index (χ0v) is 9.67. The number of ether oxygens (including phenoxy) is 1. The second kappa shape index (κ2) is 5.80. The number of nitrogens with zero attached hydrogens (tertiary/aromatic N) is 1. The summed E-state index contributed by atoms with van der Waals surface area (Å²) in [6, 6.07) is 0. The van der Waals surface area contributed by atoms with E-state index in [1.54, 1.807) is 0 Å². The Hall–Kier alpha value is -0.160. The van der Waals surface area contributed by atoms with Crippen molar-refractivity contribution in [3.63, 3.8) is 0 Å². The fraction of sp³-hybridized carbons (Fsp3) is 1.00. The highest BCUT2D eigenvalue weighted by molar-refractivity contribution is 4.76. The largest absolute Gasteiger partial charge is 0.374 e. The zero-order chi connectivity index (χ0) is 10.5. The number of morpholine rings is 1. The summed E-state index contributed by atoms with van der Waals surface area (Å²) in [5, 5.41) is 6.87. The fourth-order valence-electron chi connectivity index (χ4n) is 2.39. The summed E-state index contributed by atoms with van der Waals surface area (Å²) in [5.74, 6) is 0.839. The van der Waals surface area contributed by atoms with Crippen LogP contribution in [0.2, 0.25) is 0 Å². The van der Waals surface area contributed by atoms with Gasteiger partial charge in [0.1, 0.15) is 0 Å². The molecule has 0 amide bonds. The van der Waals surface area contributed by atoms with Crippen LogP contribution in [0.1, 0.15) is 6.42 Å². The quantitative estimate of drug-likeness (QED) is 0.661. The first-order valence-electron chi connectivity index (χ1n) is 6.06. The van der Waals surface area contributed by atoms with Gasteiger partial charge in [-0.15, -0.1) is 0 Å². The molecule has 0 aromatic heterocycles. The van der Waals surface area contributed by atoms with Crippen molar-refractivity contribution in [3.05, 3.63) is 0 Å². The first-order chi connectivity index (χ1) is 7.34. The van der Waals surface area contributed by atoms with E-state index in [-0.39, 0.29) is 0 Å². The van der Waals surface area contributed by atoms with Gasteiger partial charge in [0.05, 0.1) is 12.7 Å². The second-order valence-corrected chi connectivity index (χ2v) is 4.77. The van der Waals surface area contributed by atoms with Crippen LogP contribution in [0, 0.1) is 5.92 Å². The Morgan fingerprint density at radius 2 is 2.40 bits per heavy atom. The van der Waals surface area contributed by atoms with Gasteiger partial charge in [-0.3, -0.25) is 0 Å². The molecule has 2 atom stereocenters. The summed E-state index contributed by atoms with van der Waals surface area (Å²) in [4.78, 5) is 2.41. The normalized spacial score (nSPS) is 33.4. The highest BCUT2D eigenvalue weighted by Gasteiger charge is 2.19. The van der Waals surface area contributed by atoms with Gasteiger partial charge in [0.15, 0.2) is 0 Å². The molecule has 15 heavy (non-hydrogen) atoms. The van der Waals surface area contributed by atoms with E-state index in [1.807, 2.05) is 0 Å². The zero-order valence-electron chi connectivity index (χ0n) is 9.67. The van der Waals surface area contributed by atoms with E-state index in [0.29, 0.717) is 6.10 Å². The summed E-state index contributed by atoms with van der Waals surface area (Å²) in [6.07, 6.45) is 1.71. The predicted molar refractivity (Wildman–Crippen MR) is 61.1 cm³/mol. The van der Waals surface area contributed by atoms with Gasteiger partial charge in [0.25, 0.3) is 0 Å². The molecule has 2 heterocycles. The number of rotatable bonds is 4. The van der Waals surface area contributed by atoms with Crippen LogP contribution in [0.25, 0.3) is 0 Å². The van der Waals surface area contributed by atoms with Crippen LogP contribution in [0.5, 0.6) is 0 Å². The minimum Gasteiger partial charge on any atom is -0.374 e. The summed E-state index contributed by atoms with van der Waals surface area (Å²) in [5.41, 5.74) is 0. The van der Waals surface area contributed by atoms with E-state index in [1.165, 1.54) is 19.5 Å². The molecular weight excluding hydrogens is 190 g/mol. The number of likely N-dealkylation sites (tertiary alicyclic amines) is 1. The molecule has 2 unspecified atom stereocenters. The smallest absolute Gasteiger partial charge is 0.0824 e. The van der Waals surface area contributed by atoms with Gasteiger partial charge in [-0.2, -0.15) is 0 Å². The third-order valence-electron chi connectivity index (χ3n) is 3.30. The minimum absolute atomic E-state index is 0.373. The lowest BCUT2D eigenvalue weighted by Gasteiger charge is -2.24. The molecule has 0 saturated carbocycles. The van der Waals surface area contributed by atoms with Gasteiger partial charge in [0.2, 0.25) is 0 Å². The van der Waals surface area contributed by atoms with Crippen molar-refractivity contribution < 1.29 is 4.74 Å². The average molecular weight is 213 g/mol. The molecule has 2 aliphatic heterocycles. The summed E-state index contributed by atoms with van der Waals surface area (Å²) in [6.45, 7) is 7.50. The van der Waals surface area contributed by atoms with Gasteiger partial charge >= 0.3 is 0 Å². The highest BCUT2D eigenvalue weighted by atomic mass is 16.5. The predicted octanol–water partition coefficient (Wildman–Crippen LogP) is -0.484. The summed E-state index contributed by atoms with van der Waals surface area (Å²) < 4.78 is 5.63. The van der Waals surface area contributed by atoms with Gasteiger partial charge < -0.3 is 20.3 Å². The lowest BCUT2D eigenvalue weighted by atomic mass is 10.1. The lowest BCUT2D eigenvalue weighted by molar-refractivity contribution is 0.0288. The van der Waals surface area contributed by atoms with E-state index in [4.69, 9.17) is 4.74 Å². The lowest BCUT2D eigenvalue weighted by Crippen LogP contribution is -2.44. The van der Waals surface area contributed by atoms with Crippen molar-refractivity contribution >= 4 is 0 Å². The van der Waals surface area contributed by atoms with E-state index < -0.39 is 0 Å². The van der Waals surface area contributed by atoms with Gasteiger partial charge in [-0.05, 0) is 32.5 Å². The van der Waals surface area contributed by atoms with E-state index in [9.17, 15) is 0 Å². The first kappa shape index (κ1) is 11.3. The molecule has 0 bridgehead atoms. The standard InChI is InChI=1S/C11H23N3O/c1-14-4-2-10(9-14)6-13-8-11-7-12-3-5-15-11/h10-13H,2-9H2,1H3. The first-order valence-corrected chi connectivity index (χ1v) is 6.06. The molecule has 0 aromatic carbocycles. The SMILES string of the molecule is CN1CCC(CNCC2CNCCO2)C1. The molecular formula is C11H23N3O. The van der Waals surface area contributed by atoms with E-state index >= 15 is 0 Å². The fourth-order valence-corrected chi connectivity index (χ4v) is 2.39. The molecule has 2 fully saturated rings. The van der Waals surface area contributed by atoms with Crippen molar-refractivity contribution in [1.29, 1.82) is 0 Å². The van der Waals surface area contributed by atoms with Crippen LogP contribution in [-0.2, 0) is 4.74 Å². The molecule has 0 aromatic rings. The van der Waals surface area contributed by atoms with Crippen LogP contribution < -0.4 is 10.6 Å². The molecule has 2 saturated heterocycles. The monoisotopic (exact) mass is 213 g/mol. The van der Waals surface area contributed by atoms with Crippen LogP contribution in [-0.4, -0.2) is 63.9 Å². The molecule has 4 nitrogen and oxygen atoms in total. The third kappa shape index (κ3) is 3.72. The minimum atomic E-state index is 0.373. The number of nitrogens with one attached hydrogen (secondary N) is 2. The molecule has 2 rings (SSSR count). The Labute approximate surface area is 92.4 Å². The average Bonchev–Trinajstić information content (AvgIpc) is 2.66. The third-order valence-corrected chi connectivity index (χ3v) is 3.30. The van der Waals surface area contributed by atoms with Crippen molar-refractivity contribution in [2.24, 2.45) is 5.92 Å². The molecule has 4 heteroatoms. The molecule has 2 aliphatic rings. The Kier molecular flexibility index (Phi) is 4.38. The molecule has 0 aliphatic carbocycles. The van der Waals surface area contributed by atoms with Crippen LogP contribution in [0.3, 0.4) is 0 Å². The van der Waals surface area contributed by atoms with Gasteiger partial charge in [-0.1, -0.05) is 0 Å². The van der Waals surface area contributed by atoms with Crippen molar-refractivity contribution in [1.82, 2.24) is 15.5 Å². The Balaban J connectivity index is 1.54.